The molecular weight excluding hydrogens is 308 g/mol. The number of carbonyl (C=O) groups is 1. The molecule has 0 aliphatic carbocycles. The van der Waals surface area contributed by atoms with Gasteiger partial charge >= 0.3 is 5.97 Å². The fourth-order valence-electron chi connectivity index (χ4n) is 2.21. The topological polar surface area (TPSA) is 147 Å². The minimum Gasteiger partial charge on any atom is -0.463 e. The Bertz CT molecular complexity index is 799. The molecule has 1 fully saturated rings. The number of rotatable bonds is 4. The first-order valence-electron chi connectivity index (χ1n) is 6.70. The van der Waals surface area contributed by atoms with Crippen LogP contribution >= 0.6 is 0 Å². The zero-order chi connectivity index (χ0) is 16.6. The van der Waals surface area contributed by atoms with Gasteiger partial charge in [-0.2, -0.15) is 9.78 Å². The number of nitrogens with zero attached hydrogens (tertiary/aromatic N) is 5. The number of aliphatic hydroxyl groups is 1. The van der Waals surface area contributed by atoms with Crippen LogP contribution in [0.1, 0.15) is 13.2 Å². The molecule has 2 unspecified atom stereocenters. The third-order valence-electron chi connectivity index (χ3n) is 3.24. The summed E-state index contributed by atoms with van der Waals surface area (Å²) in [5.74, 6) is -0.424. The van der Waals surface area contributed by atoms with Crippen LogP contribution in [0.5, 0.6) is 0 Å². The molecule has 2 radical (unpaired) electrons. The molecule has 2 atom stereocenters. The van der Waals surface area contributed by atoms with E-state index in [0.29, 0.717) is 0 Å². The van der Waals surface area contributed by atoms with Crippen LogP contribution in [-0.2, 0) is 21.0 Å². The normalized spacial score (nSPS) is 21.0. The third kappa shape index (κ3) is 2.75. The molecule has 3 rings (SSSR count). The van der Waals surface area contributed by atoms with Crippen LogP contribution in [0.15, 0.2) is 4.79 Å². The lowest BCUT2D eigenvalue weighted by molar-refractivity contribution is -0.145. The summed E-state index contributed by atoms with van der Waals surface area (Å²) >= 11 is 0. The smallest absolute Gasteiger partial charge is 0.302 e. The van der Waals surface area contributed by atoms with Gasteiger partial charge in [0.25, 0.3) is 5.56 Å². The monoisotopic (exact) mass is 322 g/mol. The Balaban J connectivity index is 1.88. The average Bonchev–Trinajstić information content (AvgIpc) is 3.11. The Morgan fingerprint density at radius 1 is 1.52 bits per heavy atom. The van der Waals surface area contributed by atoms with Crippen LogP contribution in [-0.4, -0.2) is 48.6 Å². The van der Waals surface area contributed by atoms with Crippen molar-refractivity contribution in [3.63, 3.8) is 0 Å². The van der Waals surface area contributed by atoms with Gasteiger partial charge in [-0.25, -0.2) is 4.68 Å². The summed E-state index contributed by atoms with van der Waals surface area (Å²) in [5, 5.41) is 20.7. The van der Waals surface area contributed by atoms with E-state index in [2.05, 4.69) is 15.4 Å². The Morgan fingerprint density at radius 2 is 2.30 bits per heavy atom. The van der Waals surface area contributed by atoms with Crippen LogP contribution < -0.4 is 11.3 Å². The number of aromatic nitrogens is 5. The van der Waals surface area contributed by atoms with Gasteiger partial charge in [-0.15, -0.1) is 5.10 Å². The highest BCUT2D eigenvalue weighted by Gasteiger charge is 2.31. The van der Waals surface area contributed by atoms with E-state index in [4.69, 9.17) is 15.2 Å². The van der Waals surface area contributed by atoms with Crippen molar-refractivity contribution in [1.82, 2.24) is 24.8 Å². The molecule has 11 heteroatoms. The molecule has 0 bridgehead atoms. The van der Waals surface area contributed by atoms with Gasteiger partial charge in [0, 0.05) is 19.8 Å². The van der Waals surface area contributed by atoms with Crippen LogP contribution in [0.2, 0.25) is 0 Å². The van der Waals surface area contributed by atoms with E-state index in [1.807, 2.05) is 0 Å². The van der Waals surface area contributed by atoms with Gasteiger partial charge in [-0.3, -0.25) is 9.59 Å². The van der Waals surface area contributed by atoms with E-state index in [0.717, 1.165) is 9.36 Å². The van der Waals surface area contributed by atoms with Crippen LogP contribution in [0.3, 0.4) is 0 Å². The highest BCUT2D eigenvalue weighted by atomic mass is 16.6. The number of nitrogens with two attached hydrogens (primary N) is 1. The van der Waals surface area contributed by atoms with Gasteiger partial charge < -0.3 is 20.3 Å². The van der Waals surface area contributed by atoms with E-state index in [9.17, 15) is 14.7 Å². The zero-order valence-corrected chi connectivity index (χ0v) is 12.1. The standard InChI is InChI=1S/C12H14N6O5/c1-6(20)22-4-7-2-3-8(23-7)18-12(21)10-9(14-16-18)11(13)15-17(10)5-19/h2-3,7-8,19H,4-5H2,1H3,(H2,13,15). The van der Waals surface area contributed by atoms with E-state index < -0.39 is 30.6 Å². The molecule has 122 valence electrons. The van der Waals surface area contributed by atoms with Crippen molar-refractivity contribution in [2.75, 3.05) is 12.3 Å². The van der Waals surface area contributed by atoms with Crippen LogP contribution in [0.25, 0.3) is 11.0 Å². The highest BCUT2D eigenvalue weighted by Crippen LogP contribution is 2.25. The number of anilines is 1. The zero-order valence-electron chi connectivity index (χ0n) is 12.1. The summed E-state index contributed by atoms with van der Waals surface area (Å²) in [6.45, 7) is 0.805. The fraction of sp³-hybridized carbons (Fsp3) is 0.417. The molecule has 1 saturated heterocycles. The number of carbonyl (C=O) groups excluding carboxylic acids is 1. The van der Waals surface area contributed by atoms with Gasteiger partial charge in [0.05, 0.1) is 6.10 Å². The maximum Gasteiger partial charge on any atom is 0.302 e. The van der Waals surface area contributed by atoms with Crippen molar-refractivity contribution in [2.45, 2.75) is 26.0 Å². The lowest BCUT2D eigenvalue weighted by atomic mass is 10.2. The van der Waals surface area contributed by atoms with Crippen molar-refractivity contribution in [1.29, 1.82) is 0 Å². The summed E-state index contributed by atoms with van der Waals surface area (Å²) < 4.78 is 12.4. The number of ether oxygens (including phenoxy) is 2. The van der Waals surface area contributed by atoms with Crippen molar-refractivity contribution >= 4 is 22.8 Å². The molecule has 2 aromatic heterocycles. The van der Waals surface area contributed by atoms with Gasteiger partial charge in [-0.1, -0.05) is 5.21 Å². The summed E-state index contributed by atoms with van der Waals surface area (Å²) in [7, 11) is 0. The second-order valence-corrected chi connectivity index (χ2v) is 4.82. The third-order valence-corrected chi connectivity index (χ3v) is 3.24. The predicted octanol–water partition coefficient (Wildman–Crippen LogP) is -1.61. The maximum absolute atomic E-state index is 12.5. The number of esters is 1. The molecule has 2 aromatic rings. The predicted molar refractivity (Wildman–Crippen MR) is 75.4 cm³/mol. The van der Waals surface area contributed by atoms with Crippen LogP contribution in [0, 0.1) is 12.8 Å². The fourth-order valence-corrected chi connectivity index (χ4v) is 2.21. The Kier molecular flexibility index (Phi) is 3.96. The Morgan fingerprint density at radius 3 is 3.00 bits per heavy atom. The van der Waals surface area contributed by atoms with E-state index in [-0.39, 0.29) is 23.5 Å². The Labute approximate surface area is 129 Å². The van der Waals surface area contributed by atoms with Crippen molar-refractivity contribution in [3.05, 3.63) is 23.2 Å². The molecule has 3 N–H and O–H groups in total. The van der Waals surface area contributed by atoms with Gasteiger partial charge in [-0.05, 0) is 0 Å². The first-order chi connectivity index (χ1) is 11.0. The Hall–Kier alpha value is -2.53. The summed E-state index contributed by atoms with van der Waals surface area (Å²) in [6, 6.07) is 0. The minimum atomic E-state index is -0.803. The minimum absolute atomic E-state index is 0.00131. The quantitative estimate of drug-likeness (QED) is 0.634. The molecule has 0 saturated carbocycles. The van der Waals surface area contributed by atoms with E-state index in [1.54, 1.807) is 12.8 Å². The molecule has 11 nitrogen and oxygen atoms in total. The van der Waals surface area contributed by atoms with E-state index >= 15 is 0 Å². The number of hydrogen-bond donors (Lipinski definition) is 2. The first kappa shape index (κ1) is 15.4. The molecule has 0 amide bonds. The number of fused-ring (bicyclic) bond motifs is 1. The maximum atomic E-state index is 12.5. The summed E-state index contributed by atoms with van der Waals surface area (Å²) in [6.07, 6.45) is 1.97. The van der Waals surface area contributed by atoms with Crippen molar-refractivity contribution in [3.8, 4) is 0 Å². The molecule has 23 heavy (non-hydrogen) atoms. The molecule has 0 spiro atoms. The molecule has 1 aliphatic rings. The van der Waals surface area contributed by atoms with Gasteiger partial charge in [0.2, 0.25) is 0 Å². The SMILES string of the molecule is CC(=O)OCC1[CH][CH]C(n2nnc3c(N)nn(CO)c3c2=O)O1. The lowest BCUT2D eigenvalue weighted by Gasteiger charge is -2.14. The van der Waals surface area contributed by atoms with Gasteiger partial charge in [0.15, 0.2) is 23.1 Å². The van der Waals surface area contributed by atoms with Gasteiger partial charge in [0.1, 0.15) is 13.3 Å². The summed E-state index contributed by atoms with van der Waals surface area (Å²) in [5.41, 5.74) is 5.21. The summed E-state index contributed by atoms with van der Waals surface area (Å²) in [4.78, 5) is 23.3. The molecular formula is C12H14N6O5. The first-order valence-corrected chi connectivity index (χ1v) is 6.70. The second-order valence-electron chi connectivity index (χ2n) is 4.82. The number of aliphatic hydroxyl groups excluding tert-OH is 1. The molecule has 1 aliphatic heterocycles. The van der Waals surface area contributed by atoms with E-state index in [1.165, 1.54) is 6.92 Å². The largest absolute Gasteiger partial charge is 0.463 e. The number of hydrogen-bond acceptors (Lipinski definition) is 9. The molecule has 3 heterocycles. The average molecular weight is 322 g/mol. The van der Waals surface area contributed by atoms with Crippen molar-refractivity contribution in [2.24, 2.45) is 0 Å². The second kappa shape index (κ2) is 5.93. The lowest BCUT2D eigenvalue weighted by Crippen LogP contribution is -2.30. The van der Waals surface area contributed by atoms with Crippen LogP contribution in [0.4, 0.5) is 5.82 Å². The highest BCUT2D eigenvalue weighted by molar-refractivity contribution is 5.83. The number of nitrogen functional groups attached to an aromatic ring is 1. The molecule has 0 aromatic carbocycles. The van der Waals surface area contributed by atoms with Crippen molar-refractivity contribution < 1.29 is 19.4 Å².